The lowest BCUT2D eigenvalue weighted by atomic mass is 9.83. The molecule has 6 nitrogen and oxygen atoms in total. The summed E-state index contributed by atoms with van der Waals surface area (Å²) in [4.78, 5) is 41.7. The third-order valence-electron chi connectivity index (χ3n) is 3.91. The Balaban J connectivity index is 4.42. The Bertz CT molecular complexity index is 443. The Hall–Kier alpha value is -1.86. The van der Waals surface area contributed by atoms with Gasteiger partial charge < -0.3 is 0 Å². The molecule has 2 atom stereocenters. The molecule has 0 aromatic carbocycles. The maximum atomic E-state index is 10.4. The van der Waals surface area contributed by atoms with E-state index in [1.807, 2.05) is 20.8 Å². The molecule has 0 N–H and O–H groups in total. The standard InChI is InChI=1S/C15H23N3O3/c1-13(15(2,3)18-12-21)6-7-14(9-17-11-20)5-4-8-16-10-19/h13-14H,4-9H2,1-3H3. The molecule has 21 heavy (non-hydrogen) atoms. The maximum Gasteiger partial charge on any atom is 0.235 e. The summed E-state index contributed by atoms with van der Waals surface area (Å²) in [5.74, 6) is 0.460. The molecule has 0 rings (SSSR count). The summed E-state index contributed by atoms with van der Waals surface area (Å²) in [5, 5.41) is 0. The summed E-state index contributed by atoms with van der Waals surface area (Å²) in [6.45, 7) is 6.72. The first-order valence-corrected chi connectivity index (χ1v) is 7.14. The molecule has 0 spiro atoms. The summed E-state index contributed by atoms with van der Waals surface area (Å²) in [6, 6.07) is 0. The molecule has 0 saturated carbocycles. The topological polar surface area (TPSA) is 88.3 Å². The number of hydrogen-bond acceptors (Lipinski definition) is 6. The van der Waals surface area contributed by atoms with Gasteiger partial charge in [0.05, 0.1) is 18.6 Å². The molecule has 0 amide bonds. The first-order chi connectivity index (χ1) is 9.97. The van der Waals surface area contributed by atoms with E-state index >= 15 is 0 Å². The second-order valence-electron chi connectivity index (χ2n) is 5.75. The van der Waals surface area contributed by atoms with Crippen molar-refractivity contribution in [2.24, 2.45) is 26.8 Å². The first-order valence-electron chi connectivity index (χ1n) is 7.14. The molecular formula is C15H23N3O3. The van der Waals surface area contributed by atoms with Gasteiger partial charge in [-0.2, -0.15) is 4.99 Å². The highest BCUT2D eigenvalue weighted by atomic mass is 16.1. The van der Waals surface area contributed by atoms with Crippen molar-refractivity contribution in [1.82, 2.24) is 0 Å². The fourth-order valence-corrected chi connectivity index (χ4v) is 2.06. The van der Waals surface area contributed by atoms with Crippen LogP contribution >= 0.6 is 0 Å². The van der Waals surface area contributed by atoms with E-state index in [1.165, 1.54) is 6.08 Å². The van der Waals surface area contributed by atoms with Gasteiger partial charge in [0, 0.05) is 0 Å². The lowest BCUT2D eigenvalue weighted by Crippen LogP contribution is -2.27. The van der Waals surface area contributed by atoms with Crippen LogP contribution in [0.3, 0.4) is 0 Å². The van der Waals surface area contributed by atoms with Crippen LogP contribution in [-0.2, 0) is 14.4 Å². The minimum Gasteiger partial charge on any atom is -0.211 e. The van der Waals surface area contributed by atoms with Gasteiger partial charge in [0.25, 0.3) is 0 Å². The highest BCUT2D eigenvalue weighted by Gasteiger charge is 2.25. The quantitative estimate of drug-likeness (QED) is 0.333. The van der Waals surface area contributed by atoms with Crippen LogP contribution in [0.15, 0.2) is 15.0 Å². The van der Waals surface area contributed by atoms with Crippen LogP contribution < -0.4 is 0 Å². The van der Waals surface area contributed by atoms with Gasteiger partial charge in [0.2, 0.25) is 18.2 Å². The molecule has 6 heteroatoms. The van der Waals surface area contributed by atoms with Gasteiger partial charge in [-0.25, -0.2) is 24.4 Å². The lowest BCUT2D eigenvalue weighted by Gasteiger charge is -2.27. The summed E-state index contributed by atoms with van der Waals surface area (Å²) in [6.07, 6.45) is 8.02. The molecule has 0 aliphatic carbocycles. The lowest BCUT2D eigenvalue weighted by molar-refractivity contribution is 0.294. The van der Waals surface area contributed by atoms with Gasteiger partial charge in [0.15, 0.2) is 0 Å². The minimum absolute atomic E-state index is 0.217. The number of carbonyl (C=O) groups excluding carboxylic acids is 3. The van der Waals surface area contributed by atoms with Crippen molar-refractivity contribution in [2.75, 3.05) is 13.1 Å². The molecule has 116 valence electrons. The molecule has 0 aliphatic heterocycles. The van der Waals surface area contributed by atoms with Crippen molar-refractivity contribution in [3.8, 4) is 0 Å². The smallest absolute Gasteiger partial charge is 0.211 e. The van der Waals surface area contributed by atoms with Crippen LogP contribution in [-0.4, -0.2) is 36.9 Å². The largest absolute Gasteiger partial charge is 0.235 e. The van der Waals surface area contributed by atoms with Crippen LogP contribution in [0.1, 0.15) is 46.5 Å². The molecule has 2 unspecified atom stereocenters. The van der Waals surface area contributed by atoms with Gasteiger partial charge in [0.1, 0.15) is 0 Å². The monoisotopic (exact) mass is 293 g/mol. The highest BCUT2D eigenvalue weighted by molar-refractivity contribution is 5.34. The second-order valence-corrected chi connectivity index (χ2v) is 5.75. The fraction of sp³-hybridized carbons (Fsp3) is 0.800. The zero-order valence-corrected chi connectivity index (χ0v) is 13.0. The van der Waals surface area contributed by atoms with Crippen LogP contribution in [0.5, 0.6) is 0 Å². The number of isocyanates is 3. The van der Waals surface area contributed by atoms with Crippen molar-refractivity contribution >= 4 is 18.2 Å². The third kappa shape index (κ3) is 8.83. The molecule has 0 fully saturated rings. The van der Waals surface area contributed by atoms with Crippen molar-refractivity contribution in [3.05, 3.63) is 0 Å². The molecular weight excluding hydrogens is 270 g/mol. The van der Waals surface area contributed by atoms with Crippen LogP contribution in [0.4, 0.5) is 0 Å². The Labute approximate surface area is 125 Å². The zero-order valence-electron chi connectivity index (χ0n) is 13.0. The average molecular weight is 293 g/mol. The predicted molar refractivity (Wildman–Crippen MR) is 79.3 cm³/mol. The molecule has 0 aromatic heterocycles. The van der Waals surface area contributed by atoms with Crippen molar-refractivity contribution in [3.63, 3.8) is 0 Å². The van der Waals surface area contributed by atoms with Crippen LogP contribution in [0.25, 0.3) is 0 Å². The normalized spacial score (nSPS) is 13.3. The van der Waals surface area contributed by atoms with Gasteiger partial charge in [-0.15, -0.1) is 0 Å². The molecule has 0 radical (unpaired) electrons. The van der Waals surface area contributed by atoms with Gasteiger partial charge in [-0.05, 0) is 51.4 Å². The summed E-state index contributed by atoms with van der Waals surface area (Å²) >= 11 is 0. The molecule has 0 heterocycles. The van der Waals surface area contributed by atoms with E-state index in [4.69, 9.17) is 0 Å². The Morgan fingerprint density at radius 3 is 2.19 bits per heavy atom. The zero-order chi connectivity index (χ0) is 16.1. The maximum absolute atomic E-state index is 10.4. The average Bonchev–Trinajstić information content (AvgIpc) is 2.45. The van der Waals surface area contributed by atoms with E-state index in [0.717, 1.165) is 25.7 Å². The predicted octanol–water partition coefficient (Wildman–Crippen LogP) is 2.59. The van der Waals surface area contributed by atoms with E-state index in [0.29, 0.717) is 13.1 Å². The Kier molecular flexibility index (Phi) is 9.91. The van der Waals surface area contributed by atoms with Crippen molar-refractivity contribution < 1.29 is 14.4 Å². The van der Waals surface area contributed by atoms with E-state index in [-0.39, 0.29) is 11.8 Å². The van der Waals surface area contributed by atoms with Gasteiger partial charge in [-0.3, -0.25) is 0 Å². The number of nitrogens with zero attached hydrogens (tertiary/aromatic N) is 3. The molecule has 0 saturated heterocycles. The van der Waals surface area contributed by atoms with E-state index in [1.54, 1.807) is 12.2 Å². The van der Waals surface area contributed by atoms with Gasteiger partial charge in [-0.1, -0.05) is 6.92 Å². The number of aliphatic imine (C=N–C) groups is 3. The second kappa shape index (κ2) is 10.9. The van der Waals surface area contributed by atoms with E-state index < -0.39 is 5.54 Å². The SMILES string of the molecule is CC(CCC(CCCN=C=O)CN=C=O)C(C)(C)N=C=O. The van der Waals surface area contributed by atoms with Crippen LogP contribution in [0.2, 0.25) is 0 Å². The van der Waals surface area contributed by atoms with E-state index in [9.17, 15) is 14.4 Å². The molecule has 0 bridgehead atoms. The van der Waals surface area contributed by atoms with Gasteiger partial charge >= 0.3 is 0 Å². The Morgan fingerprint density at radius 1 is 0.952 bits per heavy atom. The number of rotatable bonds is 11. The third-order valence-corrected chi connectivity index (χ3v) is 3.91. The minimum atomic E-state index is -0.442. The summed E-state index contributed by atoms with van der Waals surface area (Å²) in [5.41, 5.74) is -0.442. The van der Waals surface area contributed by atoms with Crippen molar-refractivity contribution in [2.45, 2.75) is 52.0 Å². The first kappa shape index (κ1) is 19.1. The Morgan fingerprint density at radius 2 is 1.62 bits per heavy atom. The fourth-order valence-electron chi connectivity index (χ4n) is 2.06. The van der Waals surface area contributed by atoms with Crippen molar-refractivity contribution in [1.29, 1.82) is 0 Å². The highest BCUT2D eigenvalue weighted by Crippen LogP contribution is 2.27. The molecule has 0 aliphatic rings. The summed E-state index contributed by atoms with van der Waals surface area (Å²) in [7, 11) is 0. The molecule has 0 aromatic rings. The van der Waals surface area contributed by atoms with E-state index in [2.05, 4.69) is 15.0 Å². The number of hydrogen-bond donors (Lipinski definition) is 0. The van der Waals surface area contributed by atoms with Crippen LogP contribution in [0, 0.1) is 11.8 Å². The summed E-state index contributed by atoms with van der Waals surface area (Å²) < 4.78 is 0.